The zero-order valence-corrected chi connectivity index (χ0v) is 42.6. The number of allylic oxidation sites excluding steroid dienone is 15. The van der Waals surface area contributed by atoms with Gasteiger partial charge < -0.3 is 19.8 Å². The minimum atomic E-state index is -4.34. The van der Waals surface area contributed by atoms with Gasteiger partial charge in [0, 0.05) is 6.42 Å². The van der Waals surface area contributed by atoms with Crippen LogP contribution in [0.25, 0.3) is 0 Å². The summed E-state index contributed by atoms with van der Waals surface area (Å²) >= 11 is 0. The van der Waals surface area contributed by atoms with Gasteiger partial charge >= 0.3 is 7.82 Å². The number of carbonyl (C=O) groups excluding carboxylic acids is 1. The molecule has 0 heterocycles. The number of likely N-dealkylation sites (N-methyl/N-ethyl adjacent to an activating group) is 1. The molecule has 0 fully saturated rings. The molecule has 64 heavy (non-hydrogen) atoms. The van der Waals surface area contributed by atoms with E-state index in [1.165, 1.54) is 89.9 Å². The molecule has 368 valence electrons. The molecule has 0 aromatic carbocycles. The molecule has 0 aliphatic rings. The quantitative estimate of drug-likeness (QED) is 0.0243. The molecule has 0 aliphatic carbocycles. The van der Waals surface area contributed by atoms with Crippen LogP contribution in [0.3, 0.4) is 0 Å². The molecule has 8 nitrogen and oxygen atoms in total. The van der Waals surface area contributed by atoms with Crippen molar-refractivity contribution in [3.05, 3.63) is 97.2 Å². The highest BCUT2D eigenvalue weighted by molar-refractivity contribution is 7.47. The Balaban J connectivity index is 4.08. The van der Waals surface area contributed by atoms with Crippen molar-refractivity contribution in [2.75, 3.05) is 40.9 Å². The van der Waals surface area contributed by atoms with Crippen molar-refractivity contribution >= 4 is 13.7 Å². The largest absolute Gasteiger partial charge is 0.472 e. The van der Waals surface area contributed by atoms with E-state index in [1.807, 2.05) is 27.2 Å². The Labute approximate surface area is 394 Å². The summed E-state index contributed by atoms with van der Waals surface area (Å²) < 4.78 is 23.5. The number of nitrogens with one attached hydrogen (secondary N) is 1. The van der Waals surface area contributed by atoms with Crippen LogP contribution < -0.4 is 5.32 Å². The second-order valence-electron chi connectivity index (χ2n) is 18.2. The third-order valence-electron chi connectivity index (χ3n) is 10.8. The summed E-state index contributed by atoms with van der Waals surface area (Å²) in [7, 11) is 1.56. The molecular formula is C55H98N2O6P+. The number of aliphatic hydroxyl groups excluding tert-OH is 1. The summed E-state index contributed by atoms with van der Waals surface area (Å²) in [6, 6.07) is -0.851. The summed E-state index contributed by atoms with van der Waals surface area (Å²) in [5, 5.41) is 13.8. The molecule has 0 radical (unpaired) electrons. The maximum atomic E-state index is 12.9. The van der Waals surface area contributed by atoms with Gasteiger partial charge in [-0.3, -0.25) is 13.8 Å². The van der Waals surface area contributed by atoms with Crippen molar-refractivity contribution in [2.45, 2.75) is 206 Å². The molecule has 0 bridgehead atoms. The van der Waals surface area contributed by atoms with E-state index in [1.54, 1.807) is 6.08 Å². The van der Waals surface area contributed by atoms with E-state index in [4.69, 9.17) is 9.05 Å². The van der Waals surface area contributed by atoms with Crippen LogP contribution in [0.2, 0.25) is 0 Å². The van der Waals surface area contributed by atoms with Gasteiger partial charge in [0.2, 0.25) is 5.91 Å². The number of rotatable bonds is 45. The molecular weight excluding hydrogens is 816 g/mol. The van der Waals surface area contributed by atoms with Crippen molar-refractivity contribution in [3.63, 3.8) is 0 Å². The van der Waals surface area contributed by atoms with Gasteiger partial charge in [-0.15, -0.1) is 0 Å². The molecule has 0 aromatic rings. The molecule has 0 aromatic heterocycles. The Morgan fingerprint density at radius 2 is 0.938 bits per heavy atom. The van der Waals surface area contributed by atoms with Crippen LogP contribution in [0, 0.1) is 0 Å². The van der Waals surface area contributed by atoms with E-state index in [2.05, 4.69) is 104 Å². The summed E-state index contributed by atoms with van der Waals surface area (Å²) in [5.74, 6) is -0.188. The number of phosphoric ester groups is 1. The number of carbonyl (C=O) groups is 1. The molecule has 3 N–H and O–H groups in total. The van der Waals surface area contributed by atoms with Gasteiger partial charge in [-0.1, -0.05) is 207 Å². The van der Waals surface area contributed by atoms with Gasteiger partial charge in [0.25, 0.3) is 0 Å². The van der Waals surface area contributed by atoms with Crippen molar-refractivity contribution in [1.82, 2.24) is 5.32 Å². The second kappa shape index (κ2) is 45.6. The smallest absolute Gasteiger partial charge is 0.387 e. The number of quaternary nitrogens is 1. The average Bonchev–Trinajstić information content (AvgIpc) is 3.25. The fourth-order valence-corrected chi connectivity index (χ4v) is 7.52. The van der Waals surface area contributed by atoms with Crippen LogP contribution in [0.4, 0.5) is 0 Å². The van der Waals surface area contributed by atoms with Crippen LogP contribution >= 0.6 is 7.82 Å². The highest BCUT2D eigenvalue weighted by Gasteiger charge is 2.27. The van der Waals surface area contributed by atoms with E-state index in [0.717, 1.165) is 83.5 Å². The van der Waals surface area contributed by atoms with E-state index in [0.29, 0.717) is 17.4 Å². The van der Waals surface area contributed by atoms with E-state index >= 15 is 0 Å². The predicted molar refractivity (Wildman–Crippen MR) is 276 cm³/mol. The average molecular weight is 914 g/mol. The second-order valence-corrected chi connectivity index (χ2v) is 19.6. The number of hydrogen-bond acceptors (Lipinski definition) is 5. The molecule has 0 spiro atoms. The molecule has 3 unspecified atom stereocenters. The number of hydrogen-bond donors (Lipinski definition) is 3. The first-order chi connectivity index (χ1) is 31.0. The molecule has 9 heteroatoms. The van der Waals surface area contributed by atoms with Gasteiger partial charge in [-0.25, -0.2) is 4.57 Å². The number of amides is 1. The number of phosphoric acid groups is 1. The van der Waals surface area contributed by atoms with Crippen molar-refractivity contribution < 1.29 is 32.9 Å². The summed E-state index contributed by atoms with van der Waals surface area (Å²) in [4.78, 5) is 23.1. The van der Waals surface area contributed by atoms with Crippen molar-refractivity contribution in [2.24, 2.45) is 0 Å². The van der Waals surface area contributed by atoms with Crippen molar-refractivity contribution in [1.29, 1.82) is 0 Å². The predicted octanol–water partition coefficient (Wildman–Crippen LogP) is 15.1. The van der Waals surface area contributed by atoms with Crippen LogP contribution in [-0.4, -0.2) is 73.4 Å². The minimum Gasteiger partial charge on any atom is -0.387 e. The van der Waals surface area contributed by atoms with E-state index < -0.39 is 20.0 Å². The Hall–Kier alpha value is -2.58. The lowest BCUT2D eigenvalue weighted by Gasteiger charge is -2.25. The summed E-state index contributed by atoms with van der Waals surface area (Å²) in [5.41, 5.74) is 0. The summed E-state index contributed by atoms with van der Waals surface area (Å²) in [6.45, 7) is 4.65. The maximum Gasteiger partial charge on any atom is 0.472 e. The van der Waals surface area contributed by atoms with Gasteiger partial charge in [-0.05, 0) is 77.0 Å². The minimum absolute atomic E-state index is 0.0565. The van der Waals surface area contributed by atoms with Gasteiger partial charge in [0.05, 0.1) is 39.9 Å². The zero-order chi connectivity index (χ0) is 47.1. The third-order valence-corrected chi connectivity index (χ3v) is 11.8. The Kier molecular flexibility index (Phi) is 43.7. The Bertz CT molecular complexity index is 1360. The SMILES string of the molecule is CC/C=C\C/C=C\C/C=C\C/C=C\C/C=C\C/C=C\C/C=C\CCCCCCCCCCCCCC(=O)NC(COP(=O)(O)OCC[N+](C)(C)C)C(O)/C=C/CCCCCCCCC. The van der Waals surface area contributed by atoms with Crippen LogP contribution in [-0.2, 0) is 18.4 Å². The maximum absolute atomic E-state index is 12.9. The topological polar surface area (TPSA) is 105 Å². The van der Waals surface area contributed by atoms with E-state index in [-0.39, 0.29) is 19.1 Å². The number of aliphatic hydroxyl groups is 1. The van der Waals surface area contributed by atoms with Gasteiger partial charge in [0.1, 0.15) is 13.2 Å². The lowest BCUT2D eigenvalue weighted by Crippen LogP contribution is -2.45. The first-order valence-electron chi connectivity index (χ1n) is 25.6. The normalized spacial score (nSPS) is 14.9. The Morgan fingerprint density at radius 3 is 1.38 bits per heavy atom. The van der Waals surface area contributed by atoms with Crippen LogP contribution in [0.15, 0.2) is 97.2 Å². The zero-order valence-electron chi connectivity index (χ0n) is 41.7. The van der Waals surface area contributed by atoms with E-state index in [9.17, 15) is 19.4 Å². The van der Waals surface area contributed by atoms with Crippen molar-refractivity contribution in [3.8, 4) is 0 Å². The van der Waals surface area contributed by atoms with Crippen LogP contribution in [0.5, 0.6) is 0 Å². The molecule has 0 saturated heterocycles. The highest BCUT2D eigenvalue weighted by Crippen LogP contribution is 2.43. The number of nitrogens with zero attached hydrogens (tertiary/aromatic N) is 1. The monoisotopic (exact) mass is 914 g/mol. The number of unbranched alkanes of at least 4 members (excludes halogenated alkanes) is 18. The molecule has 0 aliphatic heterocycles. The lowest BCUT2D eigenvalue weighted by molar-refractivity contribution is -0.870. The standard InChI is InChI=1S/C55H97N2O6P/c1-6-8-10-12-14-16-17-18-19-20-21-22-23-24-25-26-27-28-29-30-31-32-33-34-35-36-37-38-39-41-43-45-47-49-55(59)56-53(52-63-64(60,61)62-51-50-57(3,4)5)54(58)48-46-44-42-40-15-13-11-9-7-2/h8,10,14,16,18-19,21-22,24-25,27-28,30-31,46,48,53-54,58H,6-7,9,11-13,15,17,20,23,26,29,32-45,47,49-52H2,1-5H3,(H-,56,59,60,61)/p+1/b10-8-,16-14-,19-18-,22-21-,25-24-,28-27-,31-30-,48-46+. The summed E-state index contributed by atoms with van der Waals surface area (Å²) in [6.07, 6.45) is 65.0. The van der Waals surface area contributed by atoms with Gasteiger partial charge in [0.15, 0.2) is 0 Å². The van der Waals surface area contributed by atoms with Gasteiger partial charge in [-0.2, -0.15) is 0 Å². The first kappa shape index (κ1) is 61.4. The fourth-order valence-electron chi connectivity index (χ4n) is 6.78. The fraction of sp³-hybridized carbons (Fsp3) is 0.691. The first-order valence-corrected chi connectivity index (χ1v) is 27.1. The molecule has 1 amide bonds. The third kappa shape index (κ3) is 47.4. The lowest BCUT2D eigenvalue weighted by atomic mass is 10.0. The highest BCUT2D eigenvalue weighted by atomic mass is 31.2. The Morgan fingerprint density at radius 1 is 0.547 bits per heavy atom. The molecule has 3 atom stereocenters. The molecule has 0 saturated carbocycles. The molecule has 0 rings (SSSR count). The van der Waals surface area contributed by atoms with Crippen LogP contribution in [0.1, 0.15) is 194 Å².